The second kappa shape index (κ2) is 6.05. The first-order chi connectivity index (χ1) is 10.2. The average molecular weight is 367 g/mol. The van der Waals surface area contributed by atoms with E-state index in [4.69, 9.17) is 16.3 Å². The topological polar surface area (TPSA) is 38.6 Å². The van der Waals surface area contributed by atoms with Crippen molar-refractivity contribution in [2.45, 2.75) is 6.54 Å². The molecule has 4 nitrogen and oxygen atoms in total. The molecule has 0 aliphatic rings. The lowest BCUT2D eigenvalue weighted by molar-refractivity contribution is 0.454. The second-order valence-corrected chi connectivity index (χ2v) is 5.79. The van der Waals surface area contributed by atoms with Crippen LogP contribution in [0.2, 0.25) is 5.02 Å². The average Bonchev–Trinajstić information content (AvgIpc) is 2.81. The largest absolute Gasteiger partial charge is 0.436 e. The van der Waals surface area contributed by atoms with Crippen LogP contribution in [0.3, 0.4) is 0 Å². The number of nitrogens with one attached hydrogen (secondary N) is 1. The molecular weight excluding hydrogens is 354 g/mol. The van der Waals surface area contributed by atoms with Crippen molar-refractivity contribution in [3.8, 4) is 11.6 Å². The van der Waals surface area contributed by atoms with Gasteiger partial charge in [0.2, 0.25) is 5.88 Å². The minimum atomic E-state index is 0.582. The summed E-state index contributed by atoms with van der Waals surface area (Å²) in [7, 11) is 1.89. The zero-order valence-electron chi connectivity index (χ0n) is 11.3. The predicted octanol–water partition coefficient (Wildman–Crippen LogP) is 4.26. The summed E-state index contributed by atoms with van der Waals surface area (Å²) in [6.07, 6.45) is 1.97. The van der Waals surface area contributed by atoms with Gasteiger partial charge in [-0.05, 0) is 53.3 Å². The molecule has 108 valence electrons. The van der Waals surface area contributed by atoms with Gasteiger partial charge in [0.1, 0.15) is 17.1 Å². The fourth-order valence-corrected chi connectivity index (χ4v) is 2.86. The molecule has 0 radical (unpaired) electrons. The maximum Gasteiger partial charge on any atom is 0.242 e. The first kappa shape index (κ1) is 14.4. The Morgan fingerprint density at radius 1 is 1.33 bits per heavy atom. The van der Waals surface area contributed by atoms with Crippen LogP contribution < -0.4 is 10.1 Å². The summed E-state index contributed by atoms with van der Waals surface area (Å²) in [5.41, 5.74) is 1.82. The van der Waals surface area contributed by atoms with Crippen molar-refractivity contribution in [2.75, 3.05) is 7.05 Å². The molecule has 0 aliphatic heterocycles. The molecule has 0 aliphatic carbocycles. The van der Waals surface area contributed by atoms with E-state index in [1.54, 1.807) is 12.1 Å². The first-order valence-corrected chi connectivity index (χ1v) is 7.59. The lowest BCUT2D eigenvalue weighted by Gasteiger charge is -2.08. The molecule has 1 aromatic carbocycles. The summed E-state index contributed by atoms with van der Waals surface area (Å²) in [6.45, 7) is 0.658. The maximum atomic E-state index is 5.96. The third-order valence-corrected chi connectivity index (χ3v) is 3.89. The SMILES string of the molecule is CNCc1c(Oc2ccc(Cl)cc2Br)nc2ccccn12. The van der Waals surface area contributed by atoms with Gasteiger partial charge in [0, 0.05) is 17.8 Å². The van der Waals surface area contributed by atoms with Crippen molar-refractivity contribution in [2.24, 2.45) is 0 Å². The van der Waals surface area contributed by atoms with Crippen LogP contribution in [-0.4, -0.2) is 16.4 Å². The van der Waals surface area contributed by atoms with Gasteiger partial charge >= 0.3 is 0 Å². The molecule has 6 heteroatoms. The second-order valence-electron chi connectivity index (χ2n) is 4.50. The van der Waals surface area contributed by atoms with E-state index in [0.717, 1.165) is 15.8 Å². The number of nitrogens with zero attached hydrogens (tertiary/aromatic N) is 2. The molecule has 0 spiro atoms. The number of hydrogen-bond donors (Lipinski definition) is 1. The quantitative estimate of drug-likeness (QED) is 0.750. The molecule has 0 amide bonds. The molecule has 3 aromatic rings. The van der Waals surface area contributed by atoms with Gasteiger partial charge in [-0.15, -0.1) is 0 Å². The molecule has 0 unspecified atom stereocenters. The fraction of sp³-hybridized carbons (Fsp3) is 0.133. The molecular formula is C15H13BrClN3O. The number of fused-ring (bicyclic) bond motifs is 1. The van der Waals surface area contributed by atoms with Gasteiger partial charge in [0.15, 0.2) is 0 Å². The van der Waals surface area contributed by atoms with Crippen LogP contribution in [0, 0.1) is 0 Å². The highest BCUT2D eigenvalue weighted by Crippen LogP contribution is 2.33. The Balaban J connectivity index is 2.05. The van der Waals surface area contributed by atoms with E-state index < -0.39 is 0 Å². The Morgan fingerprint density at radius 3 is 2.95 bits per heavy atom. The molecule has 1 N–H and O–H groups in total. The van der Waals surface area contributed by atoms with Crippen molar-refractivity contribution in [1.82, 2.24) is 14.7 Å². The van der Waals surface area contributed by atoms with Crippen LogP contribution in [0.5, 0.6) is 11.6 Å². The lowest BCUT2D eigenvalue weighted by Crippen LogP contribution is -2.08. The molecule has 0 fully saturated rings. The highest BCUT2D eigenvalue weighted by molar-refractivity contribution is 9.10. The van der Waals surface area contributed by atoms with Crippen LogP contribution in [0.1, 0.15) is 5.69 Å². The van der Waals surface area contributed by atoms with E-state index >= 15 is 0 Å². The first-order valence-electron chi connectivity index (χ1n) is 6.42. The van der Waals surface area contributed by atoms with Crippen LogP contribution in [0.25, 0.3) is 5.65 Å². The number of aromatic nitrogens is 2. The molecule has 21 heavy (non-hydrogen) atoms. The van der Waals surface area contributed by atoms with Crippen molar-refractivity contribution in [3.63, 3.8) is 0 Å². The molecule has 2 heterocycles. The minimum Gasteiger partial charge on any atom is -0.436 e. The number of halogens is 2. The number of hydrogen-bond acceptors (Lipinski definition) is 3. The summed E-state index contributed by atoms with van der Waals surface area (Å²) in [4.78, 5) is 4.54. The normalized spacial score (nSPS) is 11.0. The smallest absolute Gasteiger partial charge is 0.242 e. The number of rotatable bonds is 4. The zero-order valence-corrected chi connectivity index (χ0v) is 13.6. The molecule has 0 saturated heterocycles. The molecule has 3 rings (SSSR count). The predicted molar refractivity (Wildman–Crippen MR) is 87.2 cm³/mol. The van der Waals surface area contributed by atoms with E-state index in [0.29, 0.717) is 23.2 Å². The zero-order chi connectivity index (χ0) is 14.8. The van der Waals surface area contributed by atoms with E-state index in [2.05, 4.69) is 26.2 Å². The lowest BCUT2D eigenvalue weighted by atomic mass is 10.3. The number of benzene rings is 1. The highest BCUT2D eigenvalue weighted by Gasteiger charge is 2.14. The Kier molecular flexibility index (Phi) is 4.14. The summed E-state index contributed by atoms with van der Waals surface area (Å²) >= 11 is 9.40. The van der Waals surface area contributed by atoms with Gasteiger partial charge in [0.05, 0.1) is 4.47 Å². The van der Waals surface area contributed by atoms with Gasteiger partial charge in [0.25, 0.3) is 0 Å². The van der Waals surface area contributed by atoms with Gasteiger partial charge in [-0.1, -0.05) is 17.7 Å². The van der Waals surface area contributed by atoms with Gasteiger partial charge in [-0.3, -0.25) is 4.40 Å². The maximum absolute atomic E-state index is 5.96. The van der Waals surface area contributed by atoms with E-state index in [1.807, 2.05) is 41.9 Å². The van der Waals surface area contributed by atoms with Crippen molar-refractivity contribution in [1.29, 1.82) is 0 Å². The molecule has 0 bridgehead atoms. The number of pyridine rings is 1. The Hall–Kier alpha value is -1.56. The van der Waals surface area contributed by atoms with Crippen LogP contribution in [0.15, 0.2) is 47.1 Å². The van der Waals surface area contributed by atoms with Crippen LogP contribution >= 0.6 is 27.5 Å². The molecule has 0 saturated carbocycles. The van der Waals surface area contributed by atoms with Crippen LogP contribution in [-0.2, 0) is 6.54 Å². The van der Waals surface area contributed by atoms with E-state index in [1.165, 1.54) is 0 Å². The summed E-state index contributed by atoms with van der Waals surface area (Å²) in [5.74, 6) is 1.26. The highest BCUT2D eigenvalue weighted by atomic mass is 79.9. The van der Waals surface area contributed by atoms with Gasteiger partial charge in [-0.2, -0.15) is 4.98 Å². The van der Waals surface area contributed by atoms with E-state index in [9.17, 15) is 0 Å². The third-order valence-electron chi connectivity index (χ3n) is 3.04. The van der Waals surface area contributed by atoms with Crippen molar-refractivity contribution >= 4 is 33.2 Å². The Bertz CT molecular complexity index is 788. The summed E-state index contributed by atoms with van der Waals surface area (Å²) in [5, 5.41) is 3.79. The van der Waals surface area contributed by atoms with E-state index in [-0.39, 0.29) is 0 Å². The van der Waals surface area contributed by atoms with Crippen molar-refractivity contribution in [3.05, 3.63) is 57.8 Å². The molecule has 2 aromatic heterocycles. The summed E-state index contributed by atoms with van der Waals surface area (Å²) < 4.78 is 8.76. The monoisotopic (exact) mass is 365 g/mol. The fourth-order valence-electron chi connectivity index (χ4n) is 2.10. The third kappa shape index (κ3) is 2.90. The Labute approximate surface area is 135 Å². The summed E-state index contributed by atoms with van der Waals surface area (Å²) in [6, 6.07) is 11.3. The minimum absolute atomic E-state index is 0.582. The molecule has 0 atom stereocenters. The number of imidazole rings is 1. The standard InChI is InChI=1S/C15H13BrClN3O/c1-18-9-12-15(19-14-4-2-3-7-20(12)14)21-13-6-5-10(17)8-11(13)16/h2-8,18H,9H2,1H3. The van der Waals surface area contributed by atoms with Gasteiger partial charge in [-0.25, -0.2) is 0 Å². The number of ether oxygens (including phenoxy) is 1. The Morgan fingerprint density at radius 2 is 2.19 bits per heavy atom. The van der Waals surface area contributed by atoms with Crippen LogP contribution in [0.4, 0.5) is 0 Å². The van der Waals surface area contributed by atoms with Crippen molar-refractivity contribution < 1.29 is 4.74 Å². The van der Waals surface area contributed by atoms with Gasteiger partial charge < -0.3 is 10.1 Å².